The van der Waals surface area contributed by atoms with Gasteiger partial charge >= 0.3 is 5.97 Å². The van der Waals surface area contributed by atoms with Crippen LogP contribution in [0.15, 0.2) is 6.20 Å². The van der Waals surface area contributed by atoms with Gasteiger partial charge in [-0.15, -0.1) is 5.10 Å². The first kappa shape index (κ1) is 11.0. The summed E-state index contributed by atoms with van der Waals surface area (Å²) in [5.74, 6) is -1.09. The average molecular weight is 227 g/mol. The first-order chi connectivity index (χ1) is 7.72. The zero-order valence-electron chi connectivity index (χ0n) is 8.87. The molecule has 1 aliphatic heterocycles. The second kappa shape index (κ2) is 4.58. The maximum atomic E-state index is 10.7. The summed E-state index contributed by atoms with van der Waals surface area (Å²) >= 11 is 0. The van der Waals surface area contributed by atoms with E-state index in [0.29, 0.717) is 19.8 Å². The second-order valence-electron chi connectivity index (χ2n) is 3.49. The third kappa shape index (κ3) is 2.05. The van der Waals surface area contributed by atoms with E-state index in [1.807, 2.05) is 6.92 Å². The van der Waals surface area contributed by atoms with E-state index >= 15 is 0 Å². The van der Waals surface area contributed by atoms with Crippen molar-refractivity contribution in [1.82, 2.24) is 15.0 Å². The molecular weight excluding hydrogens is 214 g/mol. The number of nitrogens with zero attached hydrogens (tertiary/aromatic N) is 3. The molecule has 2 rings (SSSR count). The van der Waals surface area contributed by atoms with Crippen LogP contribution in [0.5, 0.6) is 0 Å². The molecule has 0 aromatic carbocycles. The van der Waals surface area contributed by atoms with Crippen LogP contribution >= 0.6 is 0 Å². The molecule has 7 nitrogen and oxygen atoms in total. The summed E-state index contributed by atoms with van der Waals surface area (Å²) in [5, 5.41) is 16.1. The normalized spacial score (nSPS) is 24.8. The molecule has 0 spiro atoms. The van der Waals surface area contributed by atoms with Gasteiger partial charge in [-0.25, -0.2) is 9.48 Å². The maximum absolute atomic E-state index is 10.7. The zero-order valence-corrected chi connectivity index (χ0v) is 8.87. The maximum Gasteiger partial charge on any atom is 0.358 e. The number of ether oxygens (including phenoxy) is 2. The number of rotatable bonds is 4. The van der Waals surface area contributed by atoms with Crippen LogP contribution in [0.25, 0.3) is 0 Å². The Labute approximate surface area is 92.0 Å². The van der Waals surface area contributed by atoms with Crippen LogP contribution in [0.4, 0.5) is 0 Å². The Morgan fingerprint density at radius 3 is 3.19 bits per heavy atom. The van der Waals surface area contributed by atoms with Crippen LogP contribution in [-0.4, -0.2) is 52.0 Å². The van der Waals surface area contributed by atoms with E-state index in [9.17, 15) is 4.79 Å². The second-order valence-corrected chi connectivity index (χ2v) is 3.49. The van der Waals surface area contributed by atoms with E-state index in [2.05, 4.69) is 10.3 Å². The SMILES string of the molecule is CCO[C@@H]1COC[C@H]1n1cc(C(=O)O)nn1. The summed E-state index contributed by atoms with van der Waals surface area (Å²) in [6.07, 6.45) is 1.31. The molecule has 0 unspecified atom stereocenters. The minimum Gasteiger partial charge on any atom is -0.476 e. The molecule has 1 aromatic rings. The van der Waals surface area contributed by atoms with Gasteiger partial charge in [0.05, 0.1) is 19.4 Å². The highest BCUT2D eigenvalue weighted by atomic mass is 16.5. The molecular formula is C9H13N3O4. The van der Waals surface area contributed by atoms with Crippen molar-refractivity contribution < 1.29 is 19.4 Å². The Bertz CT molecular complexity index is 379. The van der Waals surface area contributed by atoms with E-state index in [-0.39, 0.29) is 17.8 Å². The van der Waals surface area contributed by atoms with Crippen molar-refractivity contribution in [1.29, 1.82) is 0 Å². The van der Waals surface area contributed by atoms with Gasteiger partial charge < -0.3 is 14.6 Å². The third-order valence-electron chi connectivity index (χ3n) is 2.45. The summed E-state index contributed by atoms with van der Waals surface area (Å²) in [4.78, 5) is 10.7. The summed E-state index contributed by atoms with van der Waals surface area (Å²) < 4.78 is 12.3. The number of carboxylic acids is 1. The first-order valence-electron chi connectivity index (χ1n) is 5.07. The Kier molecular flexibility index (Phi) is 3.16. The third-order valence-corrected chi connectivity index (χ3v) is 2.45. The minimum atomic E-state index is -1.09. The van der Waals surface area contributed by atoms with Gasteiger partial charge in [-0.05, 0) is 6.92 Å². The number of hydrogen-bond acceptors (Lipinski definition) is 5. The minimum absolute atomic E-state index is 0.0675. The highest BCUT2D eigenvalue weighted by molar-refractivity contribution is 5.84. The van der Waals surface area contributed by atoms with E-state index in [0.717, 1.165) is 0 Å². The van der Waals surface area contributed by atoms with E-state index < -0.39 is 5.97 Å². The van der Waals surface area contributed by atoms with Crippen LogP contribution in [0.3, 0.4) is 0 Å². The fourth-order valence-electron chi connectivity index (χ4n) is 1.68. The van der Waals surface area contributed by atoms with Gasteiger partial charge in [0.25, 0.3) is 0 Å². The number of carboxylic acid groups (broad SMARTS) is 1. The van der Waals surface area contributed by atoms with Crippen molar-refractivity contribution in [2.45, 2.75) is 19.1 Å². The van der Waals surface area contributed by atoms with Gasteiger partial charge in [-0.2, -0.15) is 0 Å². The van der Waals surface area contributed by atoms with Gasteiger partial charge in [0.2, 0.25) is 0 Å². The molecule has 1 saturated heterocycles. The predicted molar refractivity (Wildman–Crippen MR) is 52.3 cm³/mol. The Morgan fingerprint density at radius 2 is 2.56 bits per heavy atom. The molecule has 0 bridgehead atoms. The molecule has 0 radical (unpaired) electrons. The molecule has 1 fully saturated rings. The van der Waals surface area contributed by atoms with Crippen LogP contribution in [-0.2, 0) is 9.47 Å². The summed E-state index contributed by atoms with van der Waals surface area (Å²) in [6.45, 7) is 3.46. The van der Waals surface area contributed by atoms with Crippen molar-refractivity contribution in [2.75, 3.05) is 19.8 Å². The molecule has 2 heterocycles. The molecule has 1 aromatic heterocycles. The number of aromatic nitrogens is 3. The summed E-state index contributed by atoms with van der Waals surface area (Å²) in [6, 6.07) is -0.0967. The van der Waals surface area contributed by atoms with E-state index in [1.165, 1.54) is 10.9 Å². The lowest BCUT2D eigenvalue weighted by Crippen LogP contribution is -2.26. The monoisotopic (exact) mass is 227 g/mol. The fourth-order valence-corrected chi connectivity index (χ4v) is 1.68. The largest absolute Gasteiger partial charge is 0.476 e. The molecule has 88 valence electrons. The van der Waals surface area contributed by atoms with Crippen molar-refractivity contribution >= 4 is 5.97 Å². The molecule has 0 aliphatic carbocycles. The lowest BCUT2D eigenvalue weighted by Gasteiger charge is -2.16. The predicted octanol–water partition coefficient (Wildman–Crippen LogP) is -0.0473. The van der Waals surface area contributed by atoms with Crippen molar-refractivity contribution in [3.8, 4) is 0 Å². The highest BCUT2D eigenvalue weighted by Gasteiger charge is 2.31. The Hall–Kier alpha value is -1.47. The number of carbonyl (C=O) groups is 1. The van der Waals surface area contributed by atoms with Crippen LogP contribution in [0.1, 0.15) is 23.5 Å². The van der Waals surface area contributed by atoms with Gasteiger partial charge in [-0.1, -0.05) is 5.21 Å². The van der Waals surface area contributed by atoms with Gasteiger partial charge in [0.1, 0.15) is 12.1 Å². The topological polar surface area (TPSA) is 86.5 Å². The lowest BCUT2D eigenvalue weighted by molar-refractivity contribution is 0.0339. The Morgan fingerprint density at radius 1 is 1.75 bits per heavy atom. The van der Waals surface area contributed by atoms with Gasteiger partial charge in [-0.3, -0.25) is 0 Å². The van der Waals surface area contributed by atoms with Gasteiger partial charge in [0.15, 0.2) is 5.69 Å². The Balaban J connectivity index is 2.13. The van der Waals surface area contributed by atoms with E-state index in [4.69, 9.17) is 14.6 Å². The molecule has 1 aliphatic rings. The highest BCUT2D eigenvalue weighted by Crippen LogP contribution is 2.21. The summed E-state index contributed by atoms with van der Waals surface area (Å²) in [7, 11) is 0. The molecule has 7 heteroatoms. The smallest absolute Gasteiger partial charge is 0.358 e. The fraction of sp³-hybridized carbons (Fsp3) is 0.667. The van der Waals surface area contributed by atoms with Crippen molar-refractivity contribution in [3.05, 3.63) is 11.9 Å². The van der Waals surface area contributed by atoms with Crippen LogP contribution in [0.2, 0.25) is 0 Å². The number of hydrogen-bond donors (Lipinski definition) is 1. The standard InChI is InChI=1S/C9H13N3O4/c1-2-16-8-5-15-4-7(8)12-3-6(9(13)14)10-11-12/h3,7-8H,2,4-5H2,1H3,(H,13,14)/t7-,8-/m1/s1. The zero-order chi connectivity index (χ0) is 11.5. The number of aromatic carboxylic acids is 1. The van der Waals surface area contributed by atoms with Crippen molar-refractivity contribution in [2.24, 2.45) is 0 Å². The molecule has 16 heavy (non-hydrogen) atoms. The molecule has 0 amide bonds. The molecule has 0 saturated carbocycles. The van der Waals surface area contributed by atoms with E-state index in [1.54, 1.807) is 0 Å². The molecule has 2 atom stereocenters. The van der Waals surface area contributed by atoms with Crippen LogP contribution < -0.4 is 0 Å². The molecule has 1 N–H and O–H groups in total. The van der Waals surface area contributed by atoms with Gasteiger partial charge in [0, 0.05) is 6.61 Å². The first-order valence-corrected chi connectivity index (χ1v) is 5.07. The van der Waals surface area contributed by atoms with Crippen LogP contribution in [0, 0.1) is 0 Å². The summed E-state index contributed by atoms with van der Waals surface area (Å²) in [5.41, 5.74) is -0.0675. The van der Waals surface area contributed by atoms with Crippen molar-refractivity contribution in [3.63, 3.8) is 0 Å². The quantitative estimate of drug-likeness (QED) is 0.776. The average Bonchev–Trinajstić information content (AvgIpc) is 2.84. The lowest BCUT2D eigenvalue weighted by atomic mass is 10.2.